The molecule has 4 fully saturated rings. The van der Waals surface area contributed by atoms with Crippen molar-refractivity contribution in [3.63, 3.8) is 0 Å². The highest BCUT2D eigenvalue weighted by atomic mass is 16.1. The number of fused-ring (bicyclic) bond motifs is 1. The van der Waals surface area contributed by atoms with Gasteiger partial charge in [-0.2, -0.15) is 0 Å². The lowest BCUT2D eigenvalue weighted by molar-refractivity contribution is -0.120. The molecule has 200 valence electrons. The molecular weight excluding hydrogens is 436 g/mol. The Morgan fingerprint density at radius 2 is 1.26 bits per heavy atom. The van der Waals surface area contributed by atoms with Crippen molar-refractivity contribution >= 4 is 11.6 Å². The molecule has 35 heavy (non-hydrogen) atoms. The van der Waals surface area contributed by atoms with Gasteiger partial charge in [0.2, 0.25) is 0 Å². The molecule has 4 aliphatic rings. The number of rotatable bonds is 12. The molecule has 0 bridgehead atoms. The van der Waals surface area contributed by atoms with E-state index in [9.17, 15) is 9.59 Å². The number of nitrogens with zero attached hydrogens (tertiary/aromatic N) is 2. The van der Waals surface area contributed by atoms with Crippen LogP contribution < -0.4 is 10.6 Å². The van der Waals surface area contributed by atoms with Crippen LogP contribution in [0.1, 0.15) is 78.6 Å². The highest BCUT2D eigenvalue weighted by molar-refractivity contribution is 5.78. The van der Waals surface area contributed by atoms with Gasteiger partial charge in [-0.25, -0.2) is 0 Å². The number of hydrogen-bond donors (Lipinski definition) is 2. The molecule has 2 saturated heterocycles. The highest BCUT2D eigenvalue weighted by Crippen LogP contribution is 2.55. The Kier molecular flexibility index (Phi) is 10.2. The molecule has 4 rings (SSSR count). The zero-order valence-electron chi connectivity index (χ0n) is 22.8. The fourth-order valence-electron chi connectivity index (χ4n) is 7.76. The standard InChI is InChI=1S/C29H52N4O2/c1-21-16-25(5-7-27(35)9-13-33-15-11-31-23(3)20-33)29-18-24(17-28(21)29)4-6-26(34)8-12-32-14-10-30-22(2)19-32/h21-25,28-31H,4-20H2,1-3H3. The molecule has 7 atom stereocenters. The van der Waals surface area contributed by atoms with Gasteiger partial charge in [-0.15, -0.1) is 0 Å². The molecule has 0 aromatic rings. The molecule has 2 N–H and O–H groups in total. The quantitative estimate of drug-likeness (QED) is 0.439. The topological polar surface area (TPSA) is 64.7 Å². The van der Waals surface area contributed by atoms with Crippen LogP contribution in [0.15, 0.2) is 0 Å². The number of hydrogen-bond acceptors (Lipinski definition) is 6. The predicted octanol–water partition coefficient (Wildman–Crippen LogP) is 3.35. The summed E-state index contributed by atoms with van der Waals surface area (Å²) in [5.41, 5.74) is 0. The van der Waals surface area contributed by atoms with Crippen molar-refractivity contribution in [3.8, 4) is 0 Å². The predicted molar refractivity (Wildman–Crippen MR) is 143 cm³/mol. The maximum Gasteiger partial charge on any atom is 0.134 e. The van der Waals surface area contributed by atoms with E-state index in [1.807, 2.05) is 0 Å². The van der Waals surface area contributed by atoms with E-state index in [-0.39, 0.29) is 0 Å². The third-order valence-corrected chi connectivity index (χ3v) is 9.72. The van der Waals surface area contributed by atoms with Crippen molar-refractivity contribution in [1.82, 2.24) is 20.4 Å². The fourth-order valence-corrected chi connectivity index (χ4v) is 7.76. The zero-order chi connectivity index (χ0) is 24.8. The van der Waals surface area contributed by atoms with Gasteiger partial charge in [0.05, 0.1) is 0 Å². The Morgan fingerprint density at radius 3 is 1.83 bits per heavy atom. The van der Waals surface area contributed by atoms with Crippen LogP contribution in [0, 0.1) is 29.6 Å². The monoisotopic (exact) mass is 488 g/mol. The van der Waals surface area contributed by atoms with E-state index in [0.29, 0.717) is 23.7 Å². The molecule has 0 radical (unpaired) electrons. The molecule has 7 unspecified atom stereocenters. The smallest absolute Gasteiger partial charge is 0.134 e. The first-order valence-corrected chi connectivity index (χ1v) is 14.8. The van der Waals surface area contributed by atoms with Crippen molar-refractivity contribution in [2.24, 2.45) is 29.6 Å². The van der Waals surface area contributed by atoms with Crippen LogP contribution in [0.3, 0.4) is 0 Å². The first kappa shape index (κ1) is 27.2. The first-order chi connectivity index (χ1) is 16.9. The van der Waals surface area contributed by atoms with Gasteiger partial charge in [0.1, 0.15) is 11.6 Å². The average Bonchev–Trinajstić information content (AvgIpc) is 3.38. The summed E-state index contributed by atoms with van der Waals surface area (Å²) in [4.78, 5) is 30.1. The Labute approximate surface area is 214 Å². The Hall–Kier alpha value is -0.820. The maximum absolute atomic E-state index is 12.6. The summed E-state index contributed by atoms with van der Waals surface area (Å²) in [6.07, 6.45) is 9.11. The van der Waals surface area contributed by atoms with Crippen molar-refractivity contribution < 1.29 is 9.59 Å². The van der Waals surface area contributed by atoms with Gasteiger partial charge in [0.15, 0.2) is 0 Å². The number of carbonyl (C=O) groups excluding carboxylic acids is 2. The van der Waals surface area contributed by atoms with Crippen LogP contribution in [0.2, 0.25) is 0 Å². The third-order valence-electron chi connectivity index (χ3n) is 9.72. The van der Waals surface area contributed by atoms with Gasteiger partial charge in [0.25, 0.3) is 0 Å². The largest absolute Gasteiger partial charge is 0.312 e. The lowest BCUT2D eigenvalue weighted by atomic mass is 9.86. The summed E-state index contributed by atoms with van der Waals surface area (Å²) >= 11 is 0. The summed E-state index contributed by atoms with van der Waals surface area (Å²) in [5.74, 6) is 4.80. The van der Waals surface area contributed by atoms with Gasteiger partial charge in [0, 0.05) is 90.1 Å². The number of Topliss-reactive ketones (excluding diaryl/α,β-unsaturated/α-hetero) is 2. The molecule has 0 spiro atoms. The van der Waals surface area contributed by atoms with Gasteiger partial charge >= 0.3 is 0 Å². The normalized spacial score (nSPS) is 36.4. The van der Waals surface area contributed by atoms with E-state index in [2.05, 4.69) is 41.2 Å². The number of piperazine rings is 2. The summed E-state index contributed by atoms with van der Waals surface area (Å²) in [7, 11) is 0. The maximum atomic E-state index is 12.6. The average molecular weight is 489 g/mol. The van der Waals surface area contributed by atoms with Crippen LogP contribution in [0.5, 0.6) is 0 Å². The summed E-state index contributed by atoms with van der Waals surface area (Å²) in [6, 6.07) is 1.08. The van der Waals surface area contributed by atoms with Crippen LogP contribution >= 0.6 is 0 Å². The van der Waals surface area contributed by atoms with Crippen molar-refractivity contribution in [2.75, 3.05) is 52.4 Å². The van der Waals surface area contributed by atoms with Crippen LogP contribution in [0.25, 0.3) is 0 Å². The summed E-state index contributed by atoms with van der Waals surface area (Å²) < 4.78 is 0. The SMILES string of the molecule is CC1CN(CCC(=O)CCC2CC3C(C)CC(CCC(=O)CCN4CCNC(C)C4)C3C2)CCN1. The van der Waals surface area contributed by atoms with Crippen LogP contribution in [-0.4, -0.2) is 85.8 Å². The molecule has 6 nitrogen and oxygen atoms in total. The van der Waals surface area contributed by atoms with E-state index in [1.54, 1.807) is 0 Å². The number of ketones is 2. The van der Waals surface area contributed by atoms with Crippen LogP contribution in [-0.2, 0) is 9.59 Å². The lowest BCUT2D eigenvalue weighted by Gasteiger charge is -2.31. The minimum atomic E-state index is 0.460. The molecule has 6 heteroatoms. The van der Waals surface area contributed by atoms with Crippen molar-refractivity contribution in [2.45, 2.75) is 90.6 Å². The molecule has 2 aliphatic carbocycles. The molecule has 2 heterocycles. The molecule has 2 aliphatic heterocycles. The van der Waals surface area contributed by atoms with Gasteiger partial charge in [-0.3, -0.25) is 9.59 Å². The number of carbonyl (C=O) groups is 2. The molecule has 0 aromatic carbocycles. The Morgan fingerprint density at radius 1 is 0.714 bits per heavy atom. The Bertz CT molecular complexity index is 700. The van der Waals surface area contributed by atoms with Crippen LogP contribution in [0.4, 0.5) is 0 Å². The lowest BCUT2D eigenvalue weighted by Crippen LogP contribution is -2.49. The second-order valence-corrected chi connectivity index (χ2v) is 12.6. The second kappa shape index (κ2) is 13.1. The molecule has 0 aromatic heterocycles. The van der Waals surface area contributed by atoms with Gasteiger partial charge in [-0.05, 0) is 75.5 Å². The van der Waals surface area contributed by atoms with E-state index in [0.717, 1.165) is 120 Å². The molecule has 2 saturated carbocycles. The first-order valence-electron chi connectivity index (χ1n) is 14.8. The van der Waals surface area contributed by atoms with Gasteiger partial charge in [-0.1, -0.05) is 6.92 Å². The molecule has 0 amide bonds. The van der Waals surface area contributed by atoms with Crippen molar-refractivity contribution in [3.05, 3.63) is 0 Å². The summed E-state index contributed by atoms with van der Waals surface area (Å²) in [5, 5.41) is 6.95. The molecular formula is C29H52N4O2. The number of nitrogens with one attached hydrogen (secondary N) is 2. The van der Waals surface area contributed by atoms with E-state index in [1.165, 1.54) is 19.3 Å². The minimum Gasteiger partial charge on any atom is -0.312 e. The van der Waals surface area contributed by atoms with E-state index >= 15 is 0 Å². The second-order valence-electron chi connectivity index (χ2n) is 12.6. The van der Waals surface area contributed by atoms with Gasteiger partial charge < -0.3 is 20.4 Å². The van der Waals surface area contributed by atoms with E-state index in [4.69, 9.17) is 0 Å². The minimum absolute atomic E-state index is 0.460. The third kappa shape index (κ3) is 8.08. The van der Waals surface area contributed by atoms with E-state index < -0.39 is 0 Å². The van der Waals surface area contributed by atoms with Crippen molar-refractivity contribution in [1.29, 1.82) is 0 Å². The summed E-state index contributed by atoms with van der Waals surface area (Å²) in [6.45, 7) is 15.1. The highest BCUT2D eigenvalue weighted by Gasteiger charge is 2.46. The fraction of sp³-hybridized carbons (Fsp3) is 0.931. The zero-order valence-corrected chi connectivity index (χ0v) is 22.8. The Balaban J connectivity index is 1.12.